The molecule has 2 rings (SSSR count). The molecule has 108 valence electrons. The smallest absolute Gasteiger partial charge is 0.241 e. The molecule has 5 nitrogen and oxygen atoms in total. The van der Waals surface area contributed by atoms with E-state index < -0.39 is 0 Å². The average molecular weight is 268 g/mol. The first-order valence-electron chi connectivity index (χ1n) is 7.38. The van der Waals surface area contributed by atoms with Gasteiger partial charge in [-0.25, -0.2) is 0 Å². The van der Waals surface area contributed by atoms with Gasteiger partial charge < -0.3 is 15.0 Å². The molecule has 2 fully saturated rings. The number of nitrogens with zero attached hydrogens (tertiary/aromatic N) is 1. The molecule has 0 aromatic carbocycles. The van der Waals surface area contributed by atoms with Gasteiger partial charge in [-0.2, -0.15) is 0 Å². The summed E-state index contributed by atoms with van der Waals surface area (Å²) in [5.41, 5.74) is 0. The summed E-state index contributed by atoms with van der Waals surface area (Å²) in [6, 6.07) is 0. The molecule has 1 atom stereocenters. The molecule has 0 aliphatic carbocycles. The zero-order chi connectivity index (χ0) is 13.5. The fourth-order valence-electron chi connectivity index (χ4n) is 2.66. The van der Waals surface area contributed by atoms with E-state index in [4.69, 9.17) is 4.74 Å². The fraction of sp³-hybridized carbons (Fsp3) is 0.857. The lowest BCUT2D eigenvalue weighted by Gasteiger charge is -2.26. The molecule has 2 aliphatic rings. The maximum atomic E-state index is 11.9. The molecule has 0 radical (unpaired) electrons. The number of ether oxygens (including phenoxy) is 1. The van der Waals surface area contributed by atoms with E-state index in [1.165, 1.54) is 6.42 Å². The molecule has 2 saturated heterocycles. The van der Waals surface area contributed by atoms with Crippen molar-refractivity contribution >= 4 is 11.8 Å². The molecule has 1 unspecified atom stereocenters. The molecule has 0 saturated carbocycles. The molecular formula is C14H24N2O3. The van der Waals surface area contributed by atoms with E-state index in [-0.39, 0.29) is 18.4 Å². The summed E-state index contributed by atoms with van der Waals surface area (Å²) < 4.78 is 5.27. The van der Waals surface area contributed by atoms with Crippen LogP contribution in [0.15, 0.2) is 0 Å². The van der Waals surface area contributed by atoms with Crippen molar-refractivity contribution in [1.29, 1.82) is 0 Å². The number of hydrogen-bond donors (Lipinski definition) is 1. The van der Waals surface area contributed by atoms with Gasteiger partial charge in [0, 0.05) is 32.7 Å². The van der Waals surface area contributed by atoms with Crippen LogP contribution in [0.1, 0.15) is 38.5 Å². The number of rotatable bonds is 5. The summed E-state index contributed by atoms with van der Waals surface area (Å²) in [5.74, 6) is 0.554. The van der Waals surface area contributed by atoms with Crippen LogP contribution < -0.4 is 5.32 Å². The molecule has 0 bridgehead atoms. The standard InChI is InChI=1S/C14H24N2O3/c17-13(5-4-12-6-9-19-11-12)15-10-14(18)16-7-2-1-3-8-16/h12H,1-11H2,(H,15,17). The molecule has 0 aromatic rings. The van der Waals surface area contributed by atoms with E-state index in [0.29, 0.717) is 12.3 Å². The van der Waals surface area contributed by atoms with Gasteiger partial charge in [-0.3, -0.25) is 9.59 Å². The van der Waals surface area contributed by atoms with Gasteiger partial charge in [-0.1, -0.05) is 0 Å². The highest BCUT2D eigenvalue weighted by atomic mass is 16.5. The quantitative estimate of drug-likeness (QED) is 0.807. The lowest BCUT2D eigenvalue weighted by atomic mass is 10.0. The van der Waals surface area contributed by atoms with Gasteiger partial charge in [-0.15, -0.1) is 0 Å². The Bertz CT molecular complexity index is 308. The second-order valence-electron chi connectivity index (χ2n) is 5.49. The Labute approximate surface area is 114 Å². The highest BCUT2D eigenvalue weighted by molar-refractivity contribution is 5.84. The van der Waals surface area contributed by atoms with Crippen molar-refractivity contribution in [3.8, 4) is 0 Å². The average Bonchev–Trinajstić information content (AvgIpc) is 2.96. The van der Waals surface area contributed by atoms with Gasteiger partial charge in [0.25, 0.3) is 0 Å². The van der Waals surface area contributed by atoms with Gasteiger partial charge in [0.05, 0.1) is 6.54 Å². The predicted octanol–water partition coefficient (Wildman–Crippen LogP) is 0.932. The topological polar surface area (TPSA) is 58.6 Å². The van der Waals surface area contributed by atoms with Crippen molar-refractivity contribution in [2.45, 2.75) is 38.5 Å². The second kappa shape index (κ2) is 7.48. The van der Waals surface area contributed by atoms with E-state index in [2.05, 4.69) is 5.32 Å². The van der Waals surface area contributed by atoms with E-state index in [0.717, 1.165) is 52.0 Å². The SMILES string of the molecule is O=C(CCC1CCOC1)NCC(=O)N1CCCCC1. The Morgan fingerprint density at radius 3 is 2.68 bits per heavy atom. The number of carbonyl (C=O) groups is 2. The van der Waals surface area contributed by atoms with Crippen molar-refractivity contribution in [1.82, 2.24) is 10.2 Å². The summed E-state index contributed by atoms with van der Waals surface area (Å²) in [7, 11) is 0. The van der Waals surface area contributed by atoms with Crippen molar-refractivity contribution < 1.29 is 14.3 Å². The Kier molecular flexibility index (Phi) is 5.63. The highest BCUT2D eigenvalue weighted by Gasteiger charge is 2.19. The van der Waals surface area contributed by atoms with Gasteiger partial charge >= 0.3 is 0 Å². The third kappa shape index (κ3) is 4.82. The lowest BCUT2D eigenvalue weighted by molar-refractivity contribution is -0.133. The maximum Gasteiger partial charge on any atom is 0.241 e. The number of nitrogens with one attached hydrogen (secondary N) is 1. The molecule has 2 aliphatic heterocycles. The van der Waals surface area contributed by atoms with E-state index >= 15 is 0 Å². The number of likely N-dealkylation sites (tertiary alicyclic amines) is 1. The molecular weight excluding hydrogens is 244 g/mol. The van der Waals surface area contributed by atoms with Crippen LogP contribution in [0.2, 0.25) is 0 Å². The zero-order valence-corrected chi connectivity index (χ0v) is 11.5. The van der Waals surface area contributed by atoms with Gasteiger partial charge in [0.15, 0.2) is 0 Å². The molecule has 0 spiro atoms. The first-order chi connectivity index (χ1) is 9.25. The third-order valence-electron chi connectivity index (χ3n) is 3.95. The van der Waals surface area contributed by atoms with Crippen LogP contribution in [-0.4, -0.2) is 49.6 Å². The molecule has 1 N–H and O–H groups in total. The van der Waals surface area contributed by atoms with Crippen molar-refractivity contribution in [2.24, 2.45) is 5.92 Å². The summed E-state index contributed by atoms with van der Waals surface area (Å²) in [4.78, 5) is 25.4. The molecule has 0 aromatic heterocycles. The predicted molar refractivity (Wildman–Crippen MR) is 71.6 cm³/mol. The number of carbonyl (C=O) groups excluding carboxylic acids is 2. The first kappa shape index (κ1) is 14.3. The largest absolute Gasteiger partial charge is 0.381 e. The summed E-state index contributed by atoms with van der Waals surface area (Å²) in [6.07, 6.45) is 5.80. The van der Waals surface area contributed by atoms with Gasteiger partial charge in [0.1, 0.15) is 0 Å². The van der Waals surface area contributed by atoms with Crippen LogP contribution >= 0.6 is 0 Å². The van der Waals surface area contributed by atoms with Gasteiger partial charge in [-0.05, 0) is 38.0 Å². The van der Waals surface area contributed by atoms with Crippen LogP contribution in [0.3, 0.4) is 0 Å². The summed E-state index contributed by atoms with van der Waals surface area (Å²) >= 11 is 0. The minimum atomic E-state index is -0.0164. The van der Waals surface area contributed by atoms with Crippen LogP contribution in [-0.2, 0) is 14.3 Å². The lowest BCUT2D eigenvalue weighted by Crippen LogP contribution is -2.42. The Balaban J connectivity index is 1.58. The van der Waals surface area contributed by atoms with Crippen LogP contribution in [0.5, 0.6) is 0 Å². The number of hydrogen-bond acceptors (Lipinski definition) is 3. The third-order valence-corrected chi connectivity index (χ3v) is 3.95. The molecule has 5 heteroatoms. The maximum absolute atomic E-state index is 11.9. The Morgan fingerprint density at radius 2 is 2.00 bits per heavy atom. The van der Waals surface area contributed by atoms with Gasteiger partial charge in [0.2, 0.25) is 11.8 Å². The monoisotopic (exact) mass is 268 g/mol. The minimum absolute atomic E-state index is 0.0164. The van der Waals surface area contributed by atoms with Crippen LogP contribution in [0.4, 0.5) is 0 Å². The summed E-state index contributed by atoms with van der Waals surface area (Å²) in [6.45, 7) is 3.43. The Morgan fingerprint density at radius 1 is 1.21 bits per heavy atom. The normalized spacial score (nSPS) is 23.4. The van der Waals surface area contributed by atoms with Crippen LogP contribution in [0.25, 0.3) is 0 Å². The van der Waals surface area contributed by atoms with Crippen molar-refractivity contribution in [2.75, 3.05) is 32.8 Å². The first-order valence-corrected chi connectivity index (χ1v) is 7.38. The minimum Gasteiger partial charge on any atom is -0.381 e. The Hall–Kier alpha value is -1.10. The molecule has 19 heavy (non-hydrogen) atoms. The van der Waals surface area contributed by atoms with E-state index in [1.54, 1.807) is 0 Å². The van der Waals surface area contributed by atoms with Crippen molar-refractivity contribution in [3.63, 3.8) is 0 Å². The number of piperidine rings is 1. The second-order valence-corrected chi connectivity index (χ2v) is 5.49. The van der Waals surface area contributed by atoms with Crippen molar-refractivity contribution in [3.05, 3.63) is 0 Å². The van der Waals surface area contributed by atoms with E-state index in [1.807, 2.05) is 4.90 Å². The number of amides is 2. The molecule has 2 heterocycles. The highest BCUT2D eigenvalue weighted by Crippen LogP contribution is 2.17. The fourth-order valence-corrected chi connectivity index (χ4v) is 2.66. The molecule has 2 amide bonds. The van der Waals surface area contributed by atoms with E-state index in [9.17, 15) is 9.59 Å². The zero-order valence-electron chi connectivity index (χ0n) is 11.5. The summed E-state index contributed by atoms with van der Waals surface area (Å²) in [5, 5.41) is 2.73. The van der Waals surface area contributed by atoms with Crippen LogP contribution in [0, 0.1) is 5.92 Å².